The van der Waals surface area contributed by atoms with Crippen LogP contribution in [-0.2, 0) is 13.1 Å². The van der Waals surface area contributed by atoms with E-state index in [1.165, 1.54) is 5.56 Å². The van der Waals surface area contributed by atoms with Crippen LogP contribution < -0.4 is 5.32 Å². The largest absolute Gasteiger partial charge is 0.396 e. The van der Waals surface area contributed by atoms with Gasteiger partial charge in [-0.05, 0) is 5.56 Å². The molecule has 0 atom stereocenters. The molecular formula is C16H23N3O. The van der Waals surface area contributed by atoms with Crippen molar-refractivity contribution in [2.75, 3.05) is 13.2 Å². The molecule has 1 aromatic heterocycles. The van der Waals surface area contributed by atoms with E-state index < -0.39 is 0 Å². The van der Waals surface area contributed by atoms with Crippen LogP contribution in [0.5, 0.6) is 0 Å². The summed E-state index contributed by atoms with van der Waals surface area (Å²) in [5, 5.41) is 16.9. The van der Waals surface area contributed by atoms with Crippen molar-refractivity contribution in [1.82, 2.24) is 15.1 Å². The van der Waals surface area contributed by atoms with Crippen LogP contribution in [0.25, 0.3) is 0 Å². The molecule has 4 heteroatoms. The Bertz CT molecular complexity index is 520. The Kier molecular flexibility index (Phi) is 4.93. The van der Waals surface area contributed by atoms with E-state index in [1.54, 1.807) is 0 Å². The van der Waals surface area contributed by atoms with E-state index in [0.29, 0.717) is 0 Å². The number of hydrogen-bond acceptors (Lipinski definition) is 3. The molecule has 0 bridgehead atoms. The highest BCUT2D eigenvalue weighted by Gasteiger charge is 2.15. The van der Waals surface area contributed by atoms with E-state index in [9.17, 15) is 5.11 Å². The van der Waals surface area contributed by atoms with Gasteiger partial charge in [0.15, 0.2) is 0 Å². The molecule has 0 saturated carbocycles. The third kappa shape index (κ3) is 4.47. The molecule has 1 aromatic carbocycles. The molecule has 4 nitrogen and oxygen atoms in total. The van der Waals surface area contributed by atoms with E-state index in [-0.39, 0.29) is 12.0 Å². The molecule has 0 amide bonds. The molecule has 1 heterocycles. The number of hydrogen-bond donors (Lipinski definition) is 2. The molecular weight excluding hydrogens is 250 g/mol. The minimum absolute atomic E-state index is 0.0833. The lowest BCUT2D eigenvalue weighted by Crippen LogP contribution is -2.31. The molecule has 0 fully saturated rings. The molecule has 2 rings (SSSR count). The van der Waals surface area contributed by atoms with Crippen molar-refractivity contribution in [3.63, 3.8) is 0 Å². The normalized spacial score (nSPS) is 11.8. The fourth-order valence-electron chi connectivity index (χ4n) is 1.96. The topological polar surface area (TPSA) is 50.1 Å². The molecule has 0 saturated heterocycles. The minimum Gasteiger partial charge on any atom is -0.396 e. The average Bonchev–Trinajstić information content (AvgIpc) is 2.87. The molecule has 2 N–H and O–H groups in total. The highest BCUT2D eigenvalue weighted by molar-refractivity contribution is 5.15. The highest BCUT2D eigenvalue weighted by Crippen LogP contribution is 2.11. The maximum absolute atomic E-state index is 9.20. The fourth-order valence-corrected chi connectivity index (χ4v) is 1.96. The van der Waals surface area contributed by atoms with E-state index in [1.807, 2.05) is 42.9 Å². The molecule has 2 aromatic rings. The lowest BCUT2D eigenvalue weighted by molar-refractivity contribution is 0.156. The molecule has 0 radical (unpaired) electrons. The van der Waals surface area contributed by atoms with Gasteiger partial charge in [0.2, 0.25) is 0 Å². The van der Waals surface area contributed by atoms with Gasteiger partial charge in [0, 0.05) is 36.9 Å². The maximum atomic E-state index is 9.20. The smallest absolute Gasteiger partial charge is 0.0659 e. The minimum atomic E-state index is -0.0833. The summed E-state index contributed by atoms with van der Waals surface area (Å²) in [5.74, 6) is 0. The van der Waals surface area contributed by atoms with E-state index in [4.69, 9.17) is 0 Å². The fraction of sp³-hybridized carbons (Fsp3) is 0.438. The number of nitrogens with zero attached hydrogens (tertiary/aromatic N) is 2. The first-order valence-corrected chi connectivity index (χ1v) is 6.96. The summed E-state index contributed by atoms with van der Waals surface area (Å²) in [4.78, 5) is 0. The molecule has 0 unspecified atom stereocenters. The molecule has 20 heavy (non-hydrogen) atoms. The zero-order chi connectivity index (χ0) is 14.4. The van der Waals surface area contributed by atoms with Crippen LogP contribution in [-0.4, -0.2) is 28.0 Å². The van der Waals surface area contributed by atoms with Gasteiger partial charge in [-0.25, -0.2) is 0 Å². The predicted octanol–water partition coefficient (Wildman–Crippen LogP) is 2.04. The first kappa shape index (κ1) is 14.8. The van der Waals surface area contributed by atoms with Gasteiger partial charge in [-0.15, -0.1) is 0 Å². The number of rotatable bonds is 7. The Morgan fingerprint density at radius 3 is 2.65 bits per heavy atom. The van der Waals surface area contributed by atoms with E-state index >= 15 is 0 Å². The van der Waals surface area contributed by atoms with Gasteiger partial charge in [-0.3, -0.25) is 4.68 Å². The molecule has 0 spiro atoms. The number of aromatic nitrogens is 2. The monoisotopic (exact) mass is 273 g/mol. The van der Waals surface area contributed by atoms with Crippen molar-refractivity contribution < 1.29 is 5.11 Å². The number of benzene rings is 1. The SMILES string of the molecule is CC(C)(CO)CNCc1cnn(Cc2ccccc2)c1. The maximum Gasteiger partial charge on any atom is 0.0659 e. The van der Waals surface area contributed by atoms with Crippen LogP contribution in [0.3, 0.4) is 0 Å². The first-order valence-electron chi connectivity index (χ1n) is 6.96. The van der Waals surface area contributed by atoms with E-state index in [2.05, 4.69) is 28.7 Å². The van der Waals surface area contributed by atoms with Gasteiger partial charge in [0.1, 0.15) is 0 Å². The Morgan fingerprint density at radius 2 is 1.95 bits per heavy atom. The Balaban J connectivity index is 1.84. The second-order valence-electron chi connectivity index (χ2n) is 5.96. The molecule has 0 aliphatic heterocycles. The van der Waals surface area contributed by atoms with Gasteiger partial charge in [0.05, 0.1) is 12.7 Å². The molecule has 108 valence electrons. The second-order valence-corrected chi connectivity index (χ2v) is 5.96. The van der Waals surface area contributed by atoms with Crippen LogP contribution in [0.1, 0.15) is 25.0 Å². The second kappa shape index (κ2) is 6.68. The third-order valence-electron chi connectivity index (χ3n) is 3.23. The predicted molar refractivity (Wildman–Crippen MR) is 80.3 cm³/mol. The van der Waals surface area contributed by atoms with Crippen molar-refractivity contribution in [2.24, 2.45) is 5.41 Å². The van der Waals surface area contributed by atoms with Gasteiger partial charge in [-0.2, -0.15) is 5.10 Å². The zero-order valence-corrected chi connectivity index (χ0v) is 12.2. The van der Waals surface area contributed by atoms with Crippen LogP contribution in [0.4, 0.5) is 0 Å². The molecule has 0 aliphatic rings. The van der Waals surface area contributed by atoms with Gasteiger partial charge in [-0.1, -0.05) is 44.2 Å². The van der Waals surface area contributed by atoms with Crippen LogP contribution in [0.15, 0.2) is 42.7 Å². The van der Waals surface area contributed by atoms with Crippen LogP contribution in [0.2, 0.25) is 0 Å². The number of aliphatic hydroxyl groups is 1. The summed E-state index contributed by atoms with van der Waals surface area (Å²) < 4.78 is 1.95. The summed E-state index contributed by atoms with van der Waals surface area (Å²) in [7, 11) is 0. The number of aliphatic hydroxyl groups excluding tert-OH is 1. The van der Waals surface area contributed by atoms with Gasteiger partial charge < -0.3 is 10.4 Å². The number of nitrogens with one attached hydrogen (secondary N) is 1. The average molecular weight is 273 g/mol. The van der Waals surface area contributed by atoms with Gasteiger partial charge >= 0.3 is 0 Å². The van der Waals surface area contributed by atoms with Crippen molar-refractivity contribution in [1.29, 1.82) is 0 Å². The molecule has 0 aliphatic carbocycles. The summed E-state index contributed by atoms with van der Waals surface area (Å²) >= 11 is 0. The van der Waals surface area contributed by atoms with Crippen LogP contribution in [0, 0.1) is 5.41 Å². The third-order valence-corrected chi connectivity index (χ3v) is 3.23. The summed E-state index contributed by atoms with van der Waals surface area (Å²) in [6, 6.07) is 10.3. The van der Waals surface area contributed by atoms with Crippen molar-refractivity contribution in [3.05, 3.63) is 53.9 Å². The Hall–Kier alpha value is -1.65. The summed E-state index contributed by atoms with van der Waals surface area (Å²) in [6.07, 6.45) is 3.95. The highest BCUT2D eigenvalue weighted by atomic mass is 16.3. The van der Waals surface area contributed by atoms with Crippen molar-refractivity contribution in [2.45, 2.75) is 26.9 Å². The Morgan fingerprint density at radius 1 is 1.20 bits per heavy atom. The standard InChI is InChI=1S/C16H23N3O/c1-16(2,13-20)12-17-8-15-9-18-19(11-15)10-14-6-4-3-5-7-14/h3-7,9,11,17,20H,8,10,12-13H2,1-2H3. The lowest BCUT2D eigenvalue weighted by Gasteiger charge is -2.21. The summed E-state index contributed by atoms with van der Waals surface area (Å²) in [6.45, 7) is 6.62. The first-order chi connectivity index (χ1) is 9.59. The zero-order valence-electron chi connectivity index (χ0n) is 12.2. The summed E-state index contributed by atoms with van der Waals surface area (Å²) in [5.41, 5.74) is 2.33. The van der Waals surface area contributed by atoms with Crippen molar-refractivity contribution in [3.8, 4) is 0 Å². The Labute approximate surface area is 120 Å². The van der Waals surface area contributed by atoms with E-state index in [0.717, 1.165) is 25.2 Å². The van der Waals surface area contributed by atoms with Crippen LogP contribution >= 0.6 is 0 Å². The van der Waals surface area contributed by atoms with Gasteiger partial charge in [0.25, 0.3) is 0 Å². The van der Waals surface area contributed by atoms with Crippen molar-refractivity contribution >= 4 is 0 Å². The lowest BCUT2D eigenvalue weighted by atomic mass is 9.95. The quantitative estimate of drug-likeness (QED) is 0.811.